The van der Waals surface area contributed by atoms with E-state index in [1.165, 1.54) is 0 Å². The summed E-state index contributed by atoms with van der Waals surface area (Å²) in [6, 6.07) is -0.163. The third-order valence-corrected chi connectivity index (χ3v) is 3.90. The van der Waals surface area contributed by atoms with Gasteiger partial charge in [-0.2, -0.15) is 0 Å². The van der Waals surface area contributed by atoms with Crippen molar-refractivity contribution in [1.29, 1.82) is 0 Å². The molecule has 0 aromatic heterocycles. The quantitative estimate of drug-likeness (QED) is 0.769. The molecule has 0 aliphatic carbocycles. The van der Waals surface area contributed by atoms with Crippen LogP contribution >= 0.6 is 0 Å². The maximum Gasteiger partial charge on any atom is 0.237 e. The van der Waals surface area contributed by atoms with Gasteiger partial charge in [0.2, 0.25) is 5.91 Å². The molecule has 2 atom stereocenters. The number of amides is 1. The van der Waals surface area contributed by atoms with Gasteiger partial charge in [0.25, 0.3) is 0 Å². The molecule has 2 unspecified atom stereocenters. The topological polar surface area (TPSA) is 64.4 Å². The zero-order chi connectivity index (χ0) is 12.9. The Morgan fingerprint density at radius 3 is 2.65 bits per heavy atom. The van der Waals surface area contributed by atoms with E-state index in [0.29, 0.717) is 6.42 Å². The van der Waals surface area contributed by atoms with Crippen LogP contribution in [0.25, 0.3) is 0 Å². The third kappa shape index (κ3) is 3.68. The zero-order valence-electron chi connectivity index (χ0n) is 11.3. The summed E-state index contributed by atoms with van der Waals surface area (Å²) in [5.41, 5.74) is 5.67. The molecule has 4 nitrogen and oxygen atoms in total. The van der Waals surface area contributed by atoms with Gasteiger partial charge >= 0.3 is 0 Å². The molecule has 1 rings (SSSR count). The molecule has 0 spiro atoms. The van der Waals surface area contributed by atoms with E-state index in [2.05, 4.69) is 19.2 Å². The predicted octanol–water partition coefficient (Wildman–Crippen LogP) is 1.58. The summed E-state index contributed by atoms with van der Waals surface area (Å²) < 4.78 is 5.88. The zero-order valence-corrected chi connectivity index (χ0v) is 11.3. The second-order valence-corrected chi connectivity index (χ2v) is 4.95. The number of hydrogen-bond acceptors (Lipinski definition) is 3. The molecule has 0 aromatic rings. The molecule has 1 amide bonds. The Labute approximate surface area is 104 Å². The van der Waals surface area contributed by atoms with Gasteiger partial charge in [0.15, 0.2) is 0 Å². The Morgan fingerprint density at radius 1 is 1.47 bits per heavy atom. The predicted molar refractivity (Wildman–Crippen MR) is 68.7 cm³/mol. The Morgan fingerprint density at radius 2 is 2.12 bits per heavy atom. The molecule has 1 heterocycles. The SMILES string of the molecule is CCC(N)C(=O)NC1CCOC(CC)(CC)C1. The highest BCUT2D eigenvalue weighted by atomic mass is 16.5. The van der Waals surface area contributed by atoms with Crippen LogP contribution in [0.3, 0.4) is 0 Å². The highest BCUT2D eigenvalue weighted by molar-refractivity contribution is 5.81. The van der Waals surface area contributed by atoms with Crippen LogP contribution in [0, 0.1) is 0 Å². The van der Waals surface area contributed by atoms with Gasteiger partial charge in [-0.3, -0.25) is 4.79 Å². The van der Waals surface area contributed by atoms with Crippen LogP contribution in [0.2, 0.25) is 0 Å². The summed E-state index contributed by atoms with van der Waals surface area (Å²) in [6.07, 6.45) is 4.47. The lowest BCUT2D eigenvalue weighted by atomic mass is 9.86. The summed E-state index contributed by atoms with van der Waals surface area (Å²) in [7, 11) is 0. The molecular weight excluding hydrogens is 216 g/mol. The molecule has 17 heavy (non-hydrogen) atoms. The van der Waals surface area contributed by atoms with Gasteiger partial charge in [-0.15, -0.1) is 0 Å². The Bertz CT molecular complexity index is 252. The average Bonchev–Trinajstić information content (AvgIpc) is 2.37. The van der Waals surface area contributed by atoms with Crippen LogP contribution in [0.1, 0.15) is 52.9 Å². The fourth-order valence-corrected chi connectivity index (χ4v) is 2.39. The number of ether oxygens (including phenoxy) is 1. The molecule has 0 bridgehead atoms. The lowest BCUT2D eigenvalue weighted by Crippen LogP contribution is -2.51. The van der Waals surface area contributed by atoms with Gasteiger partial charge < -0.3 is 15.8 Å². The molecule has 0 radical (unpaired) electrons. The smallest absolute Gasteiger partial charge is 0.237 e. The van der Waals surface area contributed by atoms with Crippen molar-refractivity contribution in [2.24, 2.45) is 5.73 Å². The summed E-state index contributed by atoms with van der Waals surface area (Å²) >= 11 is 0. The van der Waals surface area contributed by atoms with Gasteiger partial charge in [0.1, 0.15) is 0 Å². The Kier molecular flexibility index (Phi) is 5.40. The van der Waals surface area contributed by atoms with Crippen LogP contribution in [0.4, 0.5) is 0 Å². The molecule has 3 N–H and O–H groups in total. The minimum atomic E-state index is -0.379. The van der Waals surface area contributed by atoms with Crippen molar-refractivity contribution >= 4 is 5.91 Å². The maximum absolute atomic E-state index is 11.8. The van der Waals surface area contributed by atoms with Crippen molar-refractivity contribution in [3.05, 3.63) is 0 Å². The Balaban J connectivity index is 2.52. The molecule has 1 aliphatic heterocycles. The van der Waals surface area contributed by atoms with Crippen molar-refractivity contribution < 1.29 is 9.53 Å². The van der Waals surface area contributed by atoms with E-state index in [9.17, 15) is 4.79 Å². The Hall–Kier alpha value is -0.610. The van der Waals surface area contributed by atoms with Gasteiger partial charge in [-0.05, 0) is 32.1 Å². The second kappa shape index (κ2) is 6.36. The van der Waals surface area contributed by atoms with Gasteiger partial charge in [-0.25, -0.2) is 0 Å². The largest absolute Gasteiger partial charge is 0.375 e. The second-order valence-electron chi connectivity index (χ2n) is 4.95. The lowest BCUT2D eigenvalue weighted by Gasteiger charge is -2.40. The van der Waals surface area contributed by atoms with E-state index in [1.54, 1.807) is 0 Å². The summed E-state index contributed by atoms with van der Waals surface area (Å²) in [5.74, 6) is -0.0273. The molecule has 1 saturated heterocycles. The standard InChI is InChI=1S/C13H26N2O2/c1-4-11(14)12(16)15-10-7-8-17-13(5-2,6-3)9-10/h10-11H,4-9,14H2,1-3H3,(H,15,16). The third-order valence-electron chi connectivity index (χ3n) is 3.90. The first-order valence-electron chi connectivity index (χ1n) is 6.76. The van der Waals surface area contributed by atoms with Crippen molar-refractivity contribution in [3.63, 3.8) is 0 Å². The summed E-state index contributed by atoms with van der Waals surface area (Å²) in [4.78, 5) is 11.8. The van der Waals surface area contributed by atoms with Crippen molar-refractivity contribution in [2.45, 2.75) is 70.6 Å². The maximum atomic E-state index is 11.8. The highest BCUT2D eigenvalue weighted by Crippen LogP contribution is 2.31. The van der Waals surface area contributed by atoms with E-state index in [-0.39, 0.29) is 23.6 Å². The molecule has 0 saturated carbocycles. The fraction of sp³-hybridized carbons (Fsp3) is 0.923. The van der Waals surface area contributed by atoms with E-state index in [1.807, 2.05) is 6.92 Å². The molecule has 1 fully saturated rings. The van der Waals surface area contributed by atoms with Gasteiger partial charge in [-0.1, -0.05) is 20.8 Å². The van der Waals surface area contributed by atoms with Gasteiger partial charge in [0.05, 0.1) is 11.6 Å². The number of nitrogens with two attached hydrogens (primary N) is 1. The number of rotatable bonds is 5. The number of carbonyl (C=O) groups excluding carboxylic acids is 1. The average molecular weight is 242 g/mol. The van der Waals surface area contributed by atoms with Crippen molar-refractivity contribution in [2.75, 3.05) is 6.61 Å². The van der Waals surface area contributed by atoms with Crippen LogP contribution in [-0.2, 0) is 9.53 Å². The molecule has 100 valence electrons. The first-order valence-corrected chi connectivity index (χ1v) is 6.76. The highest BCUT2D eigenvalue weighted by Gasteiger charge is 2.35. The van der Waals surface area contributed by atoms with Crippen molar-refractivity contribution in [1.82, 2.24) is 5.32 Å². The van der Waals surface area contributed by atoms with Crippen LogP contribution in [0.5, 0.6) is 0 Å². The van der Waals surface area contributed by atoms with Crippen LogP contribution < -0.4 is 11.1 Å². The summed E-state index contributed by atoms with van der Waals surface area (Å²) in [6.45, 7) is 6.95. The van der Waals surface area contributed by atoms with E-state index < -0.39 is 0 Å². The minimum absolute atomic E-state index is 0.0273. The fourth-order valence-electron chi connectivity index (χ4n) is 2.39. The van der Waals surface area contributed by atoms with E-state index in [0.717, 1.165) is 32.3 Å². The van der Waals surface area contributed by atoms with E-state index in [4.69, 9.17) is 10.5 Å². The van der Waals surface area contributed by atoms with Crippen LogP contribution in [-0.4, -0.2) is 30.2 Å². The monoisotopic (exact) mass is 242 g/mol. The first kappa shape index (κ1) is 14.5. The number of carbonyl (C=O) groups is 1. The normalized spacial score (nSPS) is 25.3. The van der Waals surface area contributed by atoms with E-state index >= 15 is 0 Å². The molecule has 4 heteroatoms. The number of hydrogen-bond donors (Lipinski definition) is 2. The number of nitrogens with one attached hydrogen (secondary N) is 1. The molecular formula is C13H26N2O2. The van der Waals surface area contributed by atoms with Crippen molar-refractivity contribution in [3.8, 4) is 0 Å². The first-order chi connectivity index (χ1) is 8.06. The molecule has 1 aliphatic rings. The minimum Gasteiger partial charge on any atom is -0.375 e. The van der Waals surface area contributed by atoms with Crippen LogP contribution in [0.15, 0.2) is 0 Å². The van der Waals surface area contributed by atoms with Gasteiger partial charge in [0, 0.05) is 12.6 Å². The molecule has 0 aromatic carbocycles. The summed E-state index contributed by atoms with van der Waals surface area (Å²) in [5, 5.41) is 3.05. The lowest BCUT2D eigenvalue weighted by molar-refractivity contribution is -0.127.